The summed E-state index contributed by atoms with van der Waals surface area (Å²) in [6.45, 7) is 5.32. The normalized spacial score (nSPS) is 20.7. The molecular formula is C28H33N3O5. The van der Waals surface area contributed by atoms with Crippen LogP contribution in [0.1, 0.15) is 60.7 Å². The first kappa shape index (κ1) is 24.3. The molecule has 1 saturated heterocycles. The molecule has 3 atom stereocenters. The maximum absolute atomic E-state index is 12.6. The predicted molar refractivity (Wildman–Crippen MR) is 137 cm³/mol. The molecule has 0 spiro atoms. The largest absolute Gasteiger partial charge is 0.481 e. The van der Waals surface area contributed by atoms with E-state index in [2.05, 4.69) is 4.57 Å². The Morgan fingerprint density at radius 3 is 2.64 bits per heavy atom. The smallest absolute Gasteiger partial charge is 0.414 e. The van der Waals surface area contributed by atoms with E-state index in [0.717, 1.165) is 71.5 Å². The van der Waals surface area contributed by atoms with Gasteiger partial charge in [-0.15, -0.1) is 0 Å². The molecule has 2 aliphatic rings. The van der Waals surface area contributed by atoms with Crippen LogP contribution in [-0.2, 0) is 27.1 Å². The zero-order chi connectivity index (χ0) is 25.4. The Labute approximate surface area is 210 Å². The van der Waals surface area contributed by atoms with Crippen molar-refractivity contribution < 1.29 is 24.2 Å². The van der Waals surface area contributed by atoms with Crippen LogP contribution in [0, 0.1) is 6.92 Å². The van der Waals surface area contributed by atoms with Crippen molar-refractivity contribution >= 4 is 28.8 Å². The molecule has 3 heterocycles. The molecule has 1 fully saturated rings. The van der Waals surface area contributed by atoms with Gasteiger partial charge in [0.25, 0.3) is 0 Å². The van der Waals surface area contributed by atoms with Crippen molar-refractivity contribution in [3.63, 3.8) is 0 Å². The number of amides is 1. The van der Waals surface area contributed by atoms with Crippen LogP contribution >= 0.6 is 0 Å². The Balaban J connectivity index is 1.64. The van der Waals surface area contributed by atoms with Crippen molar-refractivity contribution in [3.8, 4) is 0 Å². The van der Waals surface area contributed by atoms with Crippen molar-refractivity contribution in [1.29, 1.82) is 0 Å². The van der Waals surface area contributed by atoms with Gasteiger partial charge in [-0.1, -0.05) is 29.8 Å². The van der Waals surface area contributed by atoms with Crippen LogP contribution in [0.25, 0.3) is 11.0 Å². The molecule has 1 amide bonds. The van der Waals surface area contributed by atoms with E-state index in [9.17, 15) is 14.7 Å². The number of benzene rings is 2. The minimum Gasteiger partial charge on any atom is -0.481 e. The lowest BCUT2D eigenvalue weighted by Gasteiger charge is -2.34. The fourth-order valence-corrected chi connectivity index (χ4v) is 5.63. The number of nitrogens with zero attached hydrogens (tertiary/aromatic N) is 3. The molecule has 0 unspecified atom stereocenters. The molecule has 1 N–H and O–H groups in total. The fraction of sp³-hybridized carbons (Fsp3) is 0.464. The number of methoxy groups -OCH3 is 1. The second kappa shape index (κ2) is 9.93. The lowest BCUT2D eigenvalue weighted by molar-refractivity contribution is -0.138. The summed E-state index contributed by atoms with van der Waals surface area (Å²) in [4.78, 5) is 31.8. The minimum absolute atomic E-state index is 0.0219. The van der Waals surface area contributed by atoms with Gasteiger partial charge in [-0.3, -0.25) is 9.69 Å². The van der Waals surface area contributed by atoms with E-state index >= 15 is 0 Å². The molecule has 2 aromatic carbocycles. The van der Waals surface area contributed by atoms with E-state index in [1.165, 1.54) is 7.11 Å². The van der Waals surface area contributed by atoms with E-state index in [4.69, 9.17) is 14.5 Å². The van der Waals surface area contributed by atoms with Gasteiger partial charge in [0.1, 0.15) is 5.82 Å². The number of carboxylic acid groups (broad SMARTS) is 1. The van der Waals surface area contributed by atoms with E-state index in [0.29, 0.717) is 6.61 Å². The van der Waals surface area contributed by atoms with Crippen LogP contribution in [0.5, 0.6) is 0 Å². The van der Waals surface area contributed by atoms with Gasteiger partial charge in [0.2, 0.25) is 0 Å². The number of hydrogen-bond acceptors (Lipinski definition) is 5. The van der Waals surface area contributed by atoms with Crippen molar-refractivity contribution in [2.45, 2.75) is 64.0 Å². The van der Waals surface area contributed by atoms with Gasteiger partial charge in [-0.25, -0.2) is 9.78 Å². The molecule has 3 aromatic rings. The van der Waals surface area contributed by atoms with Crippen molar-refractivity contribution in [2.75, 3.05) is 25.2 Å². The summed E-state index contributed by atoms with van der Waals surface area (Å²) in [7, 11) is 1.40. The summed E-state index contributed by atoms with van der Waals surface area (Å²) in [5.74, 6) is -0.844. The van der Waals surface area contributed by atoms with Gasteiger partial charge in [0.05, 0.1) is 42.4 Å². The number of hydrogen-bond donors (Lipinski definition) is 1. The lowest BCUT2D eigenvalue weighted by atomic mass is 9.94. The summed E-state index contributed by atoms with van der Waals surface area (Å²) in [6, 6.07) is 11.8. The van der Waals surface area contributed by atoms with E-state index in [1.807, 2.05) is 50.2 Å². The number of aromatic nitrogens is 2. The van der Waals surface area contributed by atoms with Gasteiger partial charge >= 0.3 is 12.1 Å². The standard InChI is InChI=1S/C28H33N3O5/c1-17-6-9-19(10-7-17)22(27(32)33)15-25-29-26-21-11-8-18(2)30(28(34)35-3)23(21)12-13-24(26)31(25)20-5-4-14-36-16-20/h6-7,9-10,12-13,18,20,22H,4-5,8,11,14-16H2,1-3H3,(H,32,33)/t18-,20-,22-/m0/s1. The highest BCUT2D eigenvalue weighted by molar-refractivity contribution is 5.95. The van der Waals surface area contributed by atoms with Crippen molar-refractivity contribution in [3.05, 3.63) is 58.9 Å². The van der Waals surface area contributed by atoms with Crippen LogP contribution in [0.3, 0.4) is 0 Å². The molecule has 8 nitrogen and oxygen atoms in total. The maximum Gasteiger partial charge on any atom is 0.414 e. The number of ether oxygens (including phenoxy) is 2. The van der Waals surface area contributed by atoms with Crippen LogP contribution in [-0.4, -0.2) is 53.1 Å². The van der Waals surface area contributed by atoms with Gasteiger partial charge in [0, 0.05) is 24.6 Å². The maximum atomic E-state index is 12.6. The molecule has 0 saturated carbocycles. The number of rotatable bonds is 5. The van der Waals surface area contributed by atoms with E-state index in [1.54, 1.807) is 4.90 Å². The number of aliphatic carboxylic acids is 1. The zero-order valence-corrected chi connectivity index (χ0v) is 21.1. The molecule has 0 aliphatic carbocycles. The lowest BCUT2D eigenvalue weighted by Crippen LogP contribution is -2.42. The van der Waals surface area contributed by atoms with Gasteiger partial charge in [-0.2, -0.15) is 0 Å². The molecule has 0 radical (unpaired) electrons. The first-order valence-electron chi connectivity index (χ1n) is 12.7. The molecule has 190 valence electrons. The molecule has 1 aromatic heterocycles. The first-order chi connectivity index (χ1) is 17.4. The summed E-state index contributed by atoms with van der Waals surface area (Å²) in [5, 5.41) is 10.2. The van der Waals surface area contributed by atoms with Gasteiger partial charge in [0.15, 0.2) is 0 Å². The molecule has 36 heavy (non-hydrogen) atoms. The molecule has 2 aliphatic heterocycles. The number of aryl methyl sites for hydroxylation is 2. The Kier molecular flexibility index (Phi) is 6.71. The number of imidazole rings is 1. The van der Waals surface area contributed by atoms with E-state index < -0.39 is 11.9 Å². The minimum atomic E-state index is -0.870. The fourth-order valence-electron chi connectivity index (χ4n) is 5.63. The van der Waals surface area contributed by atoms with Crippen LogP contribution in [0.15, 0.2) is 36.4 Å². The van der Waals surface area contributed by atoms with Crippen molar-refractivity contribution in [2.24, 2.45) is 0 Å². The average molecular weight is 492 g/mol. The Morgan fingerprint density at radius 1 is 1.19 bits per heavy atom. The second-order valence-corrected chi connectivity index (χ2v) is 9.93. The third-order valence-electron chi connectivity index (χ3n) is 7.56. The summed E-state index contributed by atoms with van der Waals surface area (Å²) in [5.41, 5.74) is 5.48. The van der Waals surface area contributed by atoms with E-state index in [-0.39, 0.29) is 24.6 Å². The number of carbonyl (C=O) groups is 2. The third-order valence-corrected chi connectivity index (χ3v) is 7.56. The SMILES string of the molecule is COC(=O)N1c2ccc3c(nc(C[C@H](C(=O)O)c4ccc(C)cc4)n3[C@H]3CCCOC3)c2CC[C@@H]1C. The average Bonchev–Trinajstić information content (AvgIpc) is 3.26. The predicted octanol–water partition coefficient (Wildman–Crippen LogP) is 5.01. The molecular weight excluding hydrogens is 458 g/mol. The highest BCUT2D eigenvalue weighted by Gasteiger charge is 2.33. The third kappa shape index (κ3) is 4.34. The first-order valence-corrected chi connectivity index (χ1v) is 12.7. The Morgan fingerprint density at radius 2 is 1.97 bits per heavy atom. The number of anilines is 1. The van der Waals surface area contributed by atoms with Gasteiger partial charge < -0.3 is 19.1 Å². The number of carboxylic acids is 1. The Bertz CT molecular complexity index is 1280. The summed E-state index contributed by atoms with van der Waals surface area (Å²) in [6.07, 6.45) is 3.38. The molecule has 8 heteroatoms. The number of carbonyl (C=O) groups excluding carboxylic acids is 1. The summed E-state index contributed by atoms with van der Waals surface area (Å²) < 4.78 is 13.1. The quantitative estimate of drug-likeness (QED) is 0.539. The second-order valence-electron chi connectivity index (χ2n) is 9.93. The van der Waals surface area contributed by atoms with Crippen LogP contribution in [0.2, 0.25) is 0 Å². The molecule has 0 bridgehead atoms. The monoisotopic (exact) mass is 491 g/mol. The Hall–Kier alpha value is -3.39. The number of fused-ring (bicyclic) bond motifs is 3. The molecule has 5 rings (SSSR count). The topological polar surface area (TPSA) is 93.9 Å². The van der Waals surface area contributed by atoms with Crippen molar-refractivity contribution in [1.82, 2.24) is 9.55 Å². The van der Waals surface area contributed by atoms with Crippen LogP contribution < -0.4 is 4.90 Å². The van der Waals surface area contributed by atoms with Crippen LogP contribution in [0.4, 0.5) is 10.5 Å². The zero-order valence-electron chi connectivity index (χ0n) is 21.1. The summed E-state index contributed by atoms with van der Waals surface area (Å²) >= 11 is 0. The highest BCUT2D eigenvalue weighted by Crippen LogP contribution is 2.39. The highest BCUT2D eigenvalue weighted by atomic mass is 16.5. The van der Waals surface area contributed by atoms with Gasteiger partial charge in [-0.05, 0) is 57.2 Å².